The Morgan fingerprint density at radius 3 is 2.33 bits per heavy atom. The van der Waals surface area contributed by atoms with Crippen LogP contribution in [0, 0.1) is 0 Å². The van der Waals surface area contributed by atoms with Crippen LogP contribution in [0.5, 0.6) is 5.75 Å². The molecule has 0 fully saturated rings. The number of rotatable bonds is 4. The number of fused-ring (bicyclic) bond motifs is 7. The second-order valence-corrected chi connectivity index (χ2v) is 12.5. The number of ether oxygens (including phenoxy) is 1. The van der Waals surface area contributed by atoms with Crippen molar-refractivity contribution in [1.29, 1.82) is 0 Å². The smallest absolute Gasteiger partial charge is 0.167 e. The van der Waals surface area contributed by atoms with Crippen LogP contribution in [0.4, 0.5) is 0 Å². The summed E-state index contributed by atoms with van der Waals surface area (Å²) in [6.07, 6.45) is 10.7. The molecular weight excluding hydrogens is 590 g/mol. The van der Waals surface area contributed by atoms with Crippen molar-refractivity contribution in [1.82, 2.24) is 15.0 Å². The van der Waals surface area contributed by atoms with E-state index in [0.29, 0.717) is 17.5 Å². The number of hydrogen-bond acceptors (Lipinski definition) is 5. The van der Waals surface area contributed by atoms with Crippen molar-refractivity contribution in [2.45, 2.75) is 24.9 Å². The van der Waals surface area contributed by atoms with Gasteiger partial charge in [0.25, 0.3) is 0 Å². The number of allylic oxidation sites excluding steroid dienone is 3. The summed E-state index contributed by atoms with van der Waals surface area (Å²) in [6.45, 7) is 0. The summed E-state index contributed by atoms with van der Waals surface area (Å²) < 4.78 is 12.8. The predicted molar refractivity (Wildman–Crippen MR) is 191 cm³/mol. The van der Waals surface area contributed by atoms with Gasteiger partial charge in [-0.15, -0.1) is 0 Å². The Bertz CT molecular complexity index is 2510. The van der Waals surface area contributed by atoms with E-state index in [1.807, 2.05) is 60.7 Å². The van der Waals surface area contributed by atoms with E-state index in [4.69, 9.17) is 24.1 Å². The normalized spacial score (nSPS) is 17.8. The fourth-order valence-corrected chi connectivity index (χ4v) is 7.68. The van der Waals surface area contributed by atoms with E-state index in [1.54, 1.807) is 0 Å². The van der Waals surface area contributed by atoms with Crippen LogP contribution in [0.25, 0.3) is 55.9 Å². The van der Waals surface area contributed by atoms with Crippen molar-refractivity contribution in [3.05, 3.63) is 168 Å². The summed E-state index contributed by atoms with van der Waals surface area (Å²) in [5, 5.41) is 2.12. The van der Waals surface area contributed by atoms with E-state index >= 15 is 0 Å². The van der Waals surface area contributed by atoms with Gasteiger partial charge in [-0.25, -0.2) is 15.0 Å². The summed E-state index contributed by atoms with van der Waals surface area (Å²) in [5.41, 5.74) is 10.7. The highest BCUT2D eigenvalue weighted by molar-refractivity contribution is 6.09. The zero-order chi connectivity index (χ0) is 31.6. The van der Waals surface area contributed by atoms with Gasteiger partial charge in [0.1, 0.15) is 23.0 Å². The molecule has 48 heavy (non-hydrogen) atoms. The molecule has 0 amide bonds. The fraction of sp³-hybridized carbons (Fsp3) is 0.0930. The second-order valence-electron chi connectivity index (χ2n) is 12.5. The van der Waals surface area contributed by atoms with Crippen molar-refractivity contribution in [3.63, 3.8) is 0 Å². The predicted octanol–water partition coefficient (Wildman–Crippen LogP) is 9.98. The van der Waals surface area contributed by atoms with Crippen LogP contribution in [-0.2, 0) is 6.42 Å². The van der Waals surface area contributed by atoms with Gasteiger partial charge in [-0.1, -0.05) is 115 Å². The lowest BCUT2D eigenvalue weighted by Crippen LogP contribution is -2.20. The van der Waals surface area contributed by atoms with Gasteiger partial charge in [-0.2, -0.15) is 0 Å². The van der Waals surface area contributed by atoms with Crippen LogP contribution in [0.1, 0.15) is 40.4 Å². The molecule has 0 bridgehead atoms. The van der Waals surface area contributed by atoms with Crippen LogP contribution < -0.4 is 4.74 Å². The molecule has 2 atom stereocenters. The summed E-state index contributed by atoms with van der Waals surface area (Å²) in [7, 11) is 0. The van der Waals surface area contributed by atoms with Crippen LogP contribution in [0.3, 0.4) is 0 Å². The topological polar surface area (TPSA) is 61.0 Å². The van der Waals surface area contributed by atoms with Gasteiger partial charge < -0.3 is 9.15 Å². The molecule has 3 aliphatic rings. The monoisotopic (exact) mass is 619 g/mol. The van der Waals surface area contributed by atoms with E-state index in [2.05, 4.69) is 78.9 Å². The Morgan fingerprint density at radius 1 is 0.625 bits per heavy atom. The maximum atomic E-state index is 6.43. The molecule has 0 saturated carbocycles. The first-order chi connectivity index (χ1) is 23.8. The molecule has 228 valence electrons. The molecule has 10 rings (SSSR count). The molecule has 1 aliphatic heterocycles. The molecule has 2 aliphatic carbocycles. The molecule has 5 heteroatoms. The highest BCUT2D eigenvalue weighted by atomic mass is 16.5. The van der Waals surface area contributed by atoms with Gasteiger partial charge >= 0.3 is 0 Å². The molecule has 2 unspecified atom stereocenters. The van der Waals surface area contributed by atoms with Crippen LogP contribution in [0.2, 0.25) is 0 Å². The quantitative estimate of drug-likeness (QED) is 0.196. The number of benzene rings is 5. The van der Waals surface area contributed by atoms with Crippen LogP contribution in [-0.4, -0.2) is 21.1 Å². The highest BCUT2D eigenvalue weighted by Crippen LogP contribution is 2.49. The third kappa shape index (κ3) is 4.21. The van der Waals surface area contributed by atoms with Crippen molar-refractivity contribution >= 4 is 33.1 Å². The summed E-state index contributed by atoms with van der Waals surface area (Å²) in [4.78, 5) is 15.4. The van der Waals surface area contributed by atoms with Gasteiger partial charge in [0.2, 0.25) is 0 Å². The first-order valence-corrected chi connectivity index (χ1v) is 16.5. The van der Waals surface area contributed by atoms with Crippen molar-refractivity contribution in [2.75, 3.05) is 0 Å². The molecule has 7 aromatic rings. The molecule has 0 N–H and O–H groups in total. The van der Waals surface area contributed by atoms with E-state index in [1.165, 1.54) is 22.3 Å². The van der Waals surface area contributed by atoms with Crippen molar-refractivity contribution in [3.8, 4) is 28.5 Å². The van der Waals surface area contributed by atoms with E-state index in [9.17, 15) is 0 Å². The average molecular weight is 620 g/mol. The summed E-state index contributed by atoms with van der Waals surface area (Å²) in [6, 6.07) is 39.6. The molecule has 5 aromatic carbocycles. The van der Waals surface area contributed by atoms with Crippen LogP contribution in [0.15, 0.2) is 144 Å². The summed E-state index contributed by atoms with van der Waals surface area (Å²) >= 11 is 0. The Kier molecular flexibility index (Phi) is 6.06. The zero-order valence-electron chi connectivity index (χ0n) is 26.0. The van der Waals surface area contributed by atoms with E-state index < -0.39 is 0 Å². The van der Waals surface area contributed by atoms with Crippen molar-refractivity contribution < 1.29 is 9.15 Å². The summed E-state index contributed by atoms with van der Waals surface area (Å²) in [5.74, 6) is 3.02. The molecule has 2 aromatic heterocycles. The Hall–Kier alpha value is -6.07. The minimum atomic E-state index is -0.00247. The number of hydrogen-bond donors (Lipinski definition) is 0. The lowest BCUT2D eigenvalue weighted by molar-refractivity contribution is 0.271. The van der Waals surface area contributed by atoms with Gasteiger partial charge in [-0.3, -0.25) is 0 Å². The lowest BCUT2D eigenvalue weighted by atomic mass is 9.77. The van der Waals surface area contributed by atoms with Gasteiger partial charge in [0.15, 0.2) is 17.5 Å². The van der Waals surface area contributed by atoms with E-state index in [-0.39, 0.29) is 12.0 Å². The third-order valence-electron chi connectivity index (χ3n) is 9.83. The number of nitrogens with zero attached hydrogens (tertiary/aromatic N) is 3. The lowest BCUT2D eigenvalue weighted by Gasteiger charge is -2.27. The molecule has 5 nitrogen and oxygen atoms in total. The minimum Gasteiger partial charge on any atom is -0.485 e. The van der Waals surface area contributed by atoms with E-state index in [0.717, 1.165) is 62.8 Å². The Morgan fingerprint density at radius 2 is 1.38 bits per heavy atom. The second kappa shape index (κ2) is 10.7. The molecule has 0 radical (unpaired) electrons. The van der Waals surface area contributed by atoms with Gasteiger partial charge in [0.05, 0.1) is 11.5 Å². The fourth-order valence-electron chi connectivity index (χ4n) is 7.68. The highest BCUT2D eigenvalue weighted by Gasteiger charge is 2.38. The number of para-hydroxylation sites is 3. The first kappa shape index (κ1) is 27.1. The maximum absolute atomic E-state index is 6.43. The van der Waals surface area contributed by atoms with Gasteiger partial charge in [0, 0.05) is 27.5 Å². The van der Waals surface area contributed by atoms with Crippen molar-refractivity contribution in [2.24, 2.45) is 0 Å². The average Bonchev–Trinajstić information content (AvgIpc) is 3.73. The molecule has 0 spiro atoms. The number of furan rings is 1. The third-order valence-corrected chi connectivity index (χ3v) is 9.83. The SMILES string of the molecule is C1=CC2Oc3ccccc3C2C(c2cccc3c2CCC=C3c2nc(-c3ccccc3)nc(-c3cccc4c3oc3ccccc34)n2)=C1. The zero-order valence-corrected chi connectivity index (χ0v) is 26.0. The minimum absolute atomic E-state index is 0.00247. The first-order valence-electron chi connectivity index (χ1n) is 16.5. The molecular formula is C43H29N3O2. The number of aromatic nitrogens is 3. The van der Waals surface area contributed by atoms with Crippen LogP contribution >= 0.6 is 0 Å². The molecule has 3 heterocycles. The Labute approximate surface area is 277 Å². The largest absolute Gasteiger partial charge is 0.485 e. The standard InChI is InChI=1S/C43H29N3O2/c1-2-12-26(13-3-1)41-44-42(46-43(45-41)35-22-10-20-32-30-14-4-6-23-36(30)48-40(32)35)33-21-9-16-27-28(17-8-18-29(27)33)31-19-11-25-38-39(31)34-15-5-7-24-37(34)47-38/h1-8,10-15,17-25,38-39H,9,16H2. The Balaban J connectivity index is 1.14. The van der Waals surface area contributed by atoms with Gasteiger partial charge in [-0.05, 0) is 59.4 Å². The molecule has 0 saturated heterocycles. The maximum Gasteiger partial charge on any atom is 0.167 e.